The van der Waals surface area contributed by atoms with Gasteiger partial charge in [0.2, 0.25) is 0 Å². The molecule has 0 N–H and O–H groups in total. The van der Waals surface area contributed by atoms with Gasteiger partial charge in [-0.05, 0) is 59.7 Å². The van der Waals surface area contributed by atoms with Crippen LogP contribution in [0.3, 0.4) is 0 Å². The second kappa shape index (κ2) is 11.9. The molecule has 0 bridgehead atoms. The molecule has 0 unspecified atom stereocenters. The zero-order valence-electron chi connectivity index (χ0n) is 27.7. The molecular formula is C46H27N5O. The molecule has 10 rings (SSSR count). The van der Waals surface area contributed by atoms with Gasteiger partial charge in [-0.3, -0.25) is 0 Å². The molecule has 7 aromatic carbocycles. The Morgan fingerprint density at radius 1 is 0.462 bits per heavy atom. The van der Waals surface area contributed by atoms with Gasteiger partial charge in [0.05, 0.1) is 22.7 Å². The molecule has 52 heavy (non-hydrogen) atoms. The number of fused-ring (bicyclic) bond motifs is 6. The highest BCUT2D eigenvalue weighted by Gasteiger charge is 2.19. The Morgan fingerprint density at radius 3 is 1.73 bits per heavy atom. The average Bonchev–Trinajstić information content (AvgIpc) is 3.77. The molecule has 0 fully saturated rings. The van der Waals surface area contributed by atoms with Gasteiger partial charge in [0.15, 0.2) is 17.5 Å². The zero-order chi connectivity index (χ0) is 34.6. The summed E-state index contributed by atoms with van der Waals surface area (Å²) in [6.45, 7) is 0. The molecular weight excluding hydrogens is 639 g/mol. The number of para-hydroxylation sites is 2. The van der Waals surface area contributed by atoms with Gasteiger partial charge in [0, 0.05) is 43.9 Å². The molecule has 0 saturated heterocycles. The molecule has 3 aromatic heterocycles. The molecule has 242 valence electrons. The number of nitriles is 1. The minimum atomic E-state index is 0.562. The van der Waals surface area contributed by atoms with Gasteiger partial charge in [-0.15, -0.1) is 0 Å². The van der Waals surface area contributed by atoms with Crippen LogP contribution in [-0.4, -0.2) is 19.5 Å². The van der Waals surface area contributed by atoms with Crippen molar-refractivity contribution < 1.29 is 4.42 Å². The maximum absolute atomic E-state index is 10.2. The van der Waals surface area contributed by atoms with Crippen molar-refractivity contribution in [1.29, 1.82) is 5.26 Å². The van der Waals surface area contributed by atoms with E-state index >= 15 is 0 Å². The summed E-state index contributed by atoms with van der Waals surface area (Å²) in [5.41, 5.74) is 9.75. The lowest BCUT2D eigenvalue weighted by Gasteiger charge is -2.12. The molecule has 6 heteroatoms. The van der Waals surface area contributed by atoms with Gasteiger partial charge in [-0.1, -0.05) is 115 Å². The number of aromatic nitrogens is 4. The van der Waals surface area contributed by atoms with Crippen molar-refractivity contribution in [2.24, 2.45) is 0 Å². The first-order chi connectivity index (χ1) is 25.7. The predicted octanol–water partition coefficient (Wildman–Crippen LogP) is 11.4. The Labute approximate surface area is 298 Å². The van der Waals surface area contributed by atoms with Gasteiger partial charge in [-0.25, -0.2) is 15.0 Å². The van der Waals surface area contributed by atoms with Crippen LogP contribution in [0.5, 0.6) is 0 Å². The van der Waals surface area contributed by atoms with Gasteiger partial charge in [0.25, 0.3) is 0 Å². The van der Waals surface area contributed by atoms with E-state index in [1.165, 1.54) is 10.8 Å². The van der Waals surface area contributed by atoms with Crippen molar-refractivity contribution in [3.63, 3.8) is 0 Å². The van der Waals surface area contributed by atoms with E-state index in [1.807, 2.05) is 97.1 Å². The average molecular weight is 666 g/mol. The smallest absolute Gasteiger partial charge is 0.164 e. The maximum atomic E-state index is 10.2. The van der Waals surface area contributed by atoms with Crippen molar-refractivity contribution in [2.45, 2.75) is 0 Å². The number of nitrogens with zero attached hydrogens (tertiary/aromatic N) is 5. The van der Waals surface area contributed by atoms with Crippen LogP contribution < -0.4 is 0 Å². The highest BCUT2D eigenvalue weighted by molar-refractivity contribution is 6.13. The molecule has 0 radical (unpaired) electrons. The molecule has 10 aromatic rings. The zero-order valence-corrected chi connectivity index (χ0v) is 27.7. The first-order valence-electron chi connectivity index (χ1n) is 17.1. The van der Waals surface area contributed by atoms with E-state index in [0.29, 0.717) is 23.0 Å². The SMILES string of the molecule is N#Cc1cc(-c2ccc3oc4cccc(-c5nc(-c6ccccc6)nc(-c6ccccc6)n5)c4c3c2)cc(-n2c3ccccc3c3ccccc32)c1. The third-order valence-corrected chi connectivity index (χ3v) is 9.65. The summed E-state index contributed by atoms with van der Waals surface area (Å²) in [6, 6.07) is 57.5. The monoisotopic (exact) mass is 665 g/mol. The predicted molar refractivity (Wildman–Crippen MR) is 208 cm³/mol. The highest BCUT2D eigenvalue weighted by atomic mass is 16.3. The van der Waals surface area contributed by atoms with Crippen LogP contribution >= 0.6 is 0 Å². The summed E-state index contributed by atoms with van der Waals surface area (Å²) in [6.07, 6.45) is 0. The summed E-state index contributed by atoms with van der Waals surface area (Å²) in [5.74, 6) is 1.76. The molecule has 0 amide bonds. The van der Waals surface area contributed by atoms with Crippen LogP contribution in [0.2, 0.25) is 0 Å². The molecule has 0 aliphatic rings. The molecule has 3 heterocycles. The first-order valence-corrected chi connectivity index (χ1v) is 17.1. The van der Waals surface area contributed by atoms with Crippen LogP contribution in [0.25, 0.3) is 94.7 Å². The molecule has 0 atom stereocenters. The first kappa shape index (κ1) is 29.5. The van der Waals surface area contributed by atoms with Crippen LogP contribution in [0.4, 0.5) is 0 Å². The standard InChI is InChI=1S/C46H27N5O/c47-28-29-24-33(26-34(25-29)51-39-19-9-7-16-35(39)36-17-8-10-20-40(36)51)32-22-23-41-38(27-32)43-37(18-11-21-42(43)52-41)46-49-44(30-12-3-1-4-13-30)48-45(50-46)31-14-5-2-6-15-31/h1-27H. The van der Waals surface area contributed by atoms with Crippen LogP contribution in [0, 0.1) is 11.3 Å². The van der Waals surface area contributed by atoms with Gasteiger partial charge >= 0.3 is 0 Å². The van der Waals surface area contributed by atoms with Crippen molar-refractivity contribution in [2.75, 3.05) is 0 Å². The Bertz CT molecular complexity index is 2920. The number of hydrogen-bond donors (Lipinski definition) is 0. The molecule has 0 aliphatic heterocycles. The largest absolute Gasteiger partial charge is 0.456 e. The Balaban J connectivity index is 1.17. The fourth-order valence-electron chi connectivity index (χ4n) is 7.29. The van der Waals surface area contributed by atoms with E-state index in [-0.39, 0.29) is 0 Å². The van der Waals surface area contributed by atoms with E-state index in [2.05, 4.69) is 77.4 Å². The number of furan rings is 1. The quantitative estimate of drug-likeness (QED) is 0.183. The third kappa shape index (κ3) is 4.84. The second-order valence-corrected chi connectivity index (χ2v) is 12.8. The van der Waals surface area contributed by atoms with Crippen molar-refractivity contribution in [1.82, 2.24) is 19.5 Å². The fraction of sp³-hybridized carbons (Fsp3) is 0. The summed E-state index contributed by atoms with van der Waals surface area (Å²) in [5, 5.41) is 14.4. The van der Waals surface area contributed by atoms with E-state index in [1.54, 1.807) is 0 Å². The van der Waals surface area contributed by atoms with Gasteiger partial charge < -0.3 is 8.98 Å². The summed E-state index contributed by atoms with van der Waals surface area (Å²) in [7, 11) is 0. The van der Waals surface area contributed by atoms with Gasteiger partial charge in [0.1, 0.15) is 11.2 Å². The lowest BCUT2D eigenvalue weighted by molar-refractivity contribution is 0.669. The molecule has 0 saturated carbocycles. The molecule has 0 spiro atoms. The topological polar surface area (TPSA) is 80.5 Å². The normalized spacial score (nSPS) is 11.4. The van der Waals surface area contributed by atoms with Gasteiger partial charge in [-0.2, -0.15) is 5.26 Å². The van der Waals surface area contributed by atoms with E-state index in [0.717, 1.165) is 66.5 Å². The Kier molecular flexibility index (Phi) is 6.76. The Hall–Kier alpha value is -7.36. The van der Waals surface area contributed by atoms with Crippen molar-refractivity contribution >= 4 is 43.7 Å². The minimum absolute atomic E-state index is 0.562. The van der Waals surface area contributed by atoms with E-state index < -0.39 is 0 Å². The minimum Gasteiger partial charge on any atom is -0.456 e. The number of hydrogen-bond acceptors (Lipinski definition) is 5. The van der Waals surface area contributed by atoms with Crippen LogP contribution in [0.15, 0.2) is 168 Å². The summed E-state index contributed by atoms with van der Waals surface area (Å²) >= 11 is 0. The van der Waals surface area contributed by atoms with Crippen LogP contribution in [0.1, 0.15) is 5.56 Å². The number of rotatable bonds is 5. The second-order valence-electron chi connectivity index (χ2n) is 12.8. The van der Waals surface area contributed by atoms with E-state index in [4.69, 9.17) is 19.4 Å². The summed E-state index contributed by atoms with van der Waals surface area (Å²) < 4.78 is 8.68. The fourth-order valence-corrected chi connectivity index (χ4v) is 7.29. The number of benzene rings is 7. The highest BCUT2D eigenvalue weighted by Crippen LogP contribution is 2.39. The summed E-state index contributed by atoms with van der Waals surface area (Å²) in [4.78, 5) is 14.9. The maximum Gasteiger partial charge on any atom is 0.164 e. The van der Waals surface area contributed by atoms with E-state index in [9.17, 15) is 5.26 Å². The lowest BCUT2D eigenvalue weighted by atomic mass is 9.98. The molecule has 6 nitrogen and oxygen atoms in total. The van der Waals surface area contributed by atoms with Crippen molar-refractivity contribution in [3.05, 3.63) is 169 Å². The third-order valence-electron chi connectivity index (χ3n) is 9.65. The molecule has 0 aliphatic carbocycles. The van der Waals surface area contributed by atoms with Crippen LogP contribution in [-0.2, 0) is 0 Å². The Morgan fingerprint density at radius 2 is 1.08 bits per heavy atom. The lowest BCUT2D eigenvalue weighted by Crippen LogP contribution is -2.00. The van der Waals surface area contributed by atoms with Crippen molar-refractivity contribution in [3.8, 4) is 57.0 Å².